The van der Waals surface area contributed by atoms with Gasteiger partial charge in [0.05, 0.1) is 5.75 Å². The molecule has 6 nitrogen and oxygen atoms in total. The molecule has 0 aliphatic heterocycles. The fourth-order valence-electron chi connectivity index (χ4n) is 1.35. The minimum Gasteiger partial charge on any atom is -0.423 e. The van der Waals surface area contributed by atoms with Gasteiger partial charge in [0.2, 0.25) is 22.3 Å². The molecule has 0 aliphatic carbocycles. The van der Waals surface area contributed by atoms with Crippen molar-refractivity contribution in [2.24, 2.45) is 0 Å². The Morgan fingerprint density at radius 2 is 2.22 bits per heavy atom. The molecule has 0 bridgehead atoms. The van der Waals surface area contributed by atoms with Gasteiger partial charge in [0, 0.05) is 17.1 Å². The van der Waals surface area contributed by atoms with Crippen LogP contribution in [0.4, 0.5) is 5.69 Å². The number of sulfonamides is 1. The number of nitrogens with one attached hydrogen (secondary N) is 1. The zero-order valence-corrected chi connectivity index (χ0v) is 10.8. The first-order chi connectivity index (χ1) is 8.61. The van der Waals surface area contributed by atoms with Crippen LogP contribution in [0.5, 0.6) is 0 Å². The molecule has 18 heavy (non-hydrogen) atoms. The number of benzene rings is 1. The number of halogens is 1. The largest absolute Gasteiger partial charge is 0.423 e. The van der Waals surface area contributed by atoms with Crippen molar-refractivity contribution in [3.8, 4) is 11.5 Å². The molecule has 1 aromatic carbocycles. The number of rotatable bonds is 5. The molecular formula is C10H10ClN3O3S. The minimum atomic E-state index is -3.42. The molecule has 0 unspecified atom stereocenters. The van der Waals surface area contributed by atoms with Gasteiger partial charge in [-0.25, -0.2) is 8.42 Å². The van der Waals surface area contributed by atoms with Crippen molar-refractivity contribution in [2.75, 3.05) is 16.4 Å². The Hall–Kier alpha value is -1.60. The lowest BCUT2D eigenvalue weighted by Gasteiger charge is -2.07. The van der Waals surface area contributed by atoms with Crippen LogP contribution < -0.4 is 4.72 Å². The summed E-state index contributed by atoms with van der Waals surface area (Å²) in [6.45, 7) is 0. The van der Waals surface area contributed by atoms with Crippen molar-refractivity contribution in [1.29, 1.82) is 0 Å². The van der Waals surface area contributed by atoms with Crippen LogP contribution in [0.25, 0.3) is 11.5 Å². The van der Waals surface area contributed by atoms with Crippen molar-refractivity contribution in [2.45, 2.75) is 0 Å². The van der Waals surface area contributed by atoms with Gasteiger partial charge in [-0.1, -0.05) is 6.07 Å². The van der Waals surface area contributed by atoms with E-state index in [0.717, 1.165) is 0 Å². The SMILES string of the molecule is O=S(=O)(CCCl)Nc1cccc(-c2nnco2)c1. The van der Waals surface area contributed by atoms with E-state index in [1.54, 1.807) is 24.3 Å². The van der Waals surface area contributed by atoms with E-state index in [9.17, 15) is 8.42 Å². The van der Waals surface area contributed by atoms with Gasteiger partial charge in [0.15, 0.2) is 0 Å². The zero-order chi connectivity index (χ0) is 13.0. The summed E-state index contributed by atoms with van der Waals surface area (Å²) in [5.74, 6) is 0.228. The Bertz CT molecular complexity index is 613. The molecule has 1 aromatic heterocycles. The van der Waals surface area contributed by atoms with Gasteiger partial charge in [-0.3, -0.25) is 4.72 Å². The molecular weight excluding hydrogens is 278 g/mol. The van der Waals surface area contributed by atoms with Crippen LogP contribution in [0.3, 0.4) is 0 Å². The highest BCUT2D eigenvalue weighted by molar-refractivity contribution is 7.92. The Labute approximate surface area is 109 Å². The van der Waals surface area contributed by atoms with E-state index in [0.29, 0.717) is 17.1 Å². The lowest BCUT2D eigenvalue weighted by molar-refractivity contribution is 0.568. The van der Waals surface area contributed by atoms with Crippen molar-refractivity contribution in [3.05, 3.63) is 30.7 Å². The first kappa shape index (κ1) is 12.8. The topological polar surface area (TPSA) is 85.1 Å². The standard InChI is InChI=1S/C10H10ClN3O3S/c11-4-5-18(15,16)14-9-3-1-2-8(6-9)10-13-12-7-17-10/h1-3,6-7,14H,4-5H2. The Morgan fingerprint density at radius 3 is 2.89 bits per heavy atom. The second-order valence-electron chi connectivity index (χ2n) is 3.43. The van der Waals surface area contributed by atoms with Crippen molar-refractivity contribution < 1.29 is 12.8 Å². The first-order valence-electron chi connectivity index (χ1n) is 5.04. The normalized spacial score (nSPS) is 11.4. The molecule has 2 aromatic rings. The predicted molar refractivity (Wildman–Crippen MR) is 67.9 cm³/mol. The highest BCUT2D eigenvalue weighted by Gasteiger charge is 2.10. The summed E-state index contributed by atoms with van der Waals surface area (Å²) < 4.78 is 30.6. The molecule has 96 valence electrons. The van der Waals surface area contributed by atoms with E-state index in [1.165, 1.54) is 6.39 Å². The van der Waals surface area contributed by atoms with Gasteiger partial charge < -0.3 is 4.42 Å². The van der Waals surface area contributed by atoms with Crippen LogP contribution in [0.1, 0.15) is 0 Å². The van der Waals surface area contributed by atoms with E-state index in [2.05, 4.69) is 14.9 Å². The van der Waals surface area contributed by atoms with Crippen LogP contribution in [-0.2, 0) is 10.0 Å². The zero-order valence-electron chi connectivity index (χ0n) is 9.21. The number of hydrogen-bond acceptors (Lipinski definition) is 5. The maximum atomic E-state index is 11.6. The molecule has 0 spiro atoms. The van der Waals surface area contributed by atoms with Gasteiger partial charge in [-0.05, 0) is 18.2 Å². The van der Waals surface area contributed by atoms with Gasteiger partial charge in [0.1, 0.15) is 0 Å². The third-order valence-corrected chi connectivity index (χ3v) is 3.79. The van der Waals surface area contributed by atoms with E-state index >= 15 is 0 Å². The van der Waals surface area contributed by atoms with Crippen LogP contribution in [0.2, 0.25) is 0 Å². The highest BCUT2D eigenvalue weighted by Crippen LogP contribution is 2.20. The van der Waals surface area contributed by atoms with Gasteiger partial charge in [-0.15, -0.1) is 21.8 Å². The summed E-state index contributed by atoms with van der Waals surface area (Å²) in [4.78, 5) is 0. The molecule has 0 fully saturated rings. The summed E-state index contributed by atoms with van der Waals surface area (Å²) in [5.41, 5.74) is 1.06. The lowest BCUT2D eigenvalue weighted by atomic mass is 10.2. The number of nitrogens with zero attached hydrogens (tertiary/aromatic N) is 2. The Balaban J connectivity index is 2.23. The number of anilines is 1. The van der Waals surface area contributed by atoms with E-state index in [-0.39, 0.29) is 11.6 Å². The third kappa shape index (κ3) is 3.21. The fourth-order valence-corrected chi connectivity index (χ4v) is 2.75. The van der Waals surface area contributed by atoms with Crippen molar-refractivity contribution in [3.63, 3.8) is 0 Å². The Morgan fingerprint density at radius 1 is 1.39 bits per heavy atom. The second-order valence-corrected chi connectivity index (χ2v) is 5.65. The third-order valence-electron chi connectivity index (χ3n) is 2.09. The molecule has 2 rings (SSSR count). The average Bonchev–Trinajstić information content (AvgIpc) is 2.81. The average molecular weight is 288 g/mol. The summed E-state index contributed by atoms with van der Waals surface area (Å²) in [6.07, 6.45) is 1.21. The van der Waals surface area contributed by atoms with Gasteiger partial charge >= 0.3 is 0 Å². The molecule has 0 saturated heterocycles. The lowest BCUT2D eigenvalue weighted by Crippen LogP contribution is -2.17. The molecule has 1 heterocycles. The molecule has 0 saturated carbocycles. The van der Waals surface area contributed by atoms with Crippen molar-refractivity contribution >= 4 is 27.3 Å². The van der Waals surface area contributed by atoms with E-state index in [4.69, 9.17) is 16.0 Å². The van der Waals surface area contributed by atoms with Crippen LogP contribution in [0, 0.1) is 0 Å². The first-order valence-corrected chi connectivity index (χ1v) is 7.22. The summed E-state index contributed by atoms with van der Waals surface area (Å²) >= 11 is 5.41. The second kappa shape index (κ2) is 5.36. The van der Waals surface area contributed by atoms with Crippen LogP contribution >= 0.6 is 11.6 Å². The smallest absolute Gasteiger partial charge is 0.247 e. The van der Waals surface area contributed by atoms with Crippen LogP contribution in [-0.4, -0.2) is 30.2 Å². The maximum absolute atomic E-state index is 11.6. The maximum Gasteiger partial charge on any atom is 0.247 e. The molecule has 0 aliphatic rings. The minimum absolute atomic E-state index is 0.0404. The molecule has 0 atom stereocenters. The molecule has 1 N–H and O–H groups in total. The predicted octanol–water partition coefficient (Wildman–Crippen LogP) is 1.72. The highest BCUT2D eigenvalue weighted by atomic mass is 35.5. The van der Waals surface area contributed by atoms with Crippen LogP contribution in [0.15, 0.2) is 35.1 Å². The van der Waals surface area contributed by atoms with E-state index in [1.807, 2.05) is 0 Å². The molecule has 0 radical (unpaired) electrons. The van der Waals surface area contributed by atoms with E-state index < -0.39 is 10.0 Å². The molecule has 8 heteroatoms. The summed E-state index contributed by atoms with van der Waals surface area (Å²) in [6, 6.07) is 6.68. The quantitative estimate of drug-likeness (QED) is 0.846. The van der Waals surface area contributed by atoms with Crippen molar-refractivity contribution in [1.82, 2.24) is 10.2 Å². The number of aromatic nitrogens is 2. The number of alkyl halides is 1. The fraction of sp³-hybridized carbons (Fsp3) is 0.200. The summed E-state index contributed by atoms with van der Waals surface area (Å²) in [5, 5.41) is 7.30. The Kier molecular flexibility index (Phi) is 3.83. The van der Waals surface area contributed by atoms with Gasteiger partial charge in [-0.2, -0.15) is 0 Å². The summed E-state index contributed by atoms with van der Waals surface area (Å²) in [7, 11) is -3.42. The van der Waals surface area contributed by atoms with Gasteiger partial charge in [0.25, 0.3) is 0 Å². The molecule has 0 amide bonds. The monoisotopic (exact) mass is 287 g/mol. The number of hydrogen-bond donors (Lipinski definition) is 1.